The Balaban J connectivity index is 2.01. The molecule has 3 aromatic rings. The average Bonchev–Trinajstić information content (AvgIpc) is 3.11. The molecule has 0 aliphatic heterocycles. The van der Waals surface area contributed by atoms with Gasteiger partial charge in [-0.05, 0) is 49.5 Å². The number of para-hydroxylation sites is 1. The number of carbonyl (C=O) groups is 1. The van der Waals surface area contributed by atoms with Gasteiger partial charge in [-0.3, -0.25) is 4.79 Å². The van der Waals surface area contributed by atoms with Gasteiger partial charge in [-0.25, -0.2) is 0 Å². The van der Waals surface area contributed by atoms with Gasteiger partial charge < -0.3 is 4.98 Å². The van der Waals surface area contributed by atoms with Gasteiger partial charge in [-0.1, -0.05) is 66.8 Å². The summed E-state index contributed by atoms with van der Waals surface area (Å²) in [6, 6.07) is 18.6. The Morgan fingerprint density at radius 2 is 1.85 bits per heavy atom. The van der Waals surface area contributed by atoms with Gasteiger partial charge >= 0.3 is 0 Å². The zero-order valence-electron chi connectivity index (χ0n) is 16.0. The second-order valence-electron chi connectivity index (χ2n) is 7.73. The lowest BCUT2D eigenvalue weighted by Crippen LogP contribution is -2.48. The molecule has 2 atom stereocenters. The zero-order valence-corrected chi connectivity index (χ0v) is 16.0. The molecule has 1 aliphatic rings. The van der Waals surface area contributed by atoms with Crippen LogP contribution in [0.15, 0.2) is 84.6 Å². The summed E-state index contributed by atoms with van der Waals surface area (Å²) < 4.78 is 0. The fourth-order valence-electron chi connectivity index (χ4n) is 4.69. The zero-order chi connectivity index (χ0) is 19.0. The second kappa shape index (κ2) is 6.70. The third-order valence-corrected chi connectivity index (χ3v) is 6.01. The number of ketones is 1. The topological polar surface area (TPSA) is 32.9 Å². The van der Waals surface area contributed by atoms with Crippen LogP contribution in [0, 0.1) is 5.92 Å². The van der Waals surface area contributed by atoms with E-state index in [-0.39, 0.29) is 11.7 Å². The number of fused-ring (bicyclic) bond motifs is 1. The summed E-state index contributed by atoms with van der Waals surface area (Å²) in [5.41, 5.74) is 4.62. The van der Waals surface area contributed by atoms with Gasteiger partial charge in [-0.15, -0.1) is 0 Å². The van der Waals surface area contributed by atoms with Gasteiger partial charge in [-0.2, -0.15) is 0 Å². The second-order valence-corrected chi connectivity index (χ2v) is 7.73. The van der Waals surface area contributed by atoms with E-state index in [4.69, 9.17) is 0 Å². The van der Waals surface area contributed by atoms with E-state index in [0.717, 1.165) is 34.0 Å². The predicted molar refractivity (Wildman–Crippen MR) is 112 cm³/mol. The van der Waals surface area contributed by atoms with Crippen LogP contribution in [-0.2, 0) is 16.6 Å². The molecule has 0 spiro atoms. The van der Waals surface area contributed by atoms with Gasteiger partial charge in [0.25, 0.3) is 0 Å². The lowest BCUT2D eigenvalue weighted by molar-refractivity contribution is -0.123. The summed E-state index contributed by atoms with van der Waals surface area (Å²) in [4.78, 5) is 17.2. The quantitative estimate of drug-likeness (QED) is 0.593. The molecule has 0 fully saturated rings. The van der Waals surface area contributed by atoms with Gasteiger partial charge in [0.05, 0.1) is 5.41 Å². The molecule has 0 unspecified atom stereocenters. The minimum atomic E-state index is -0.633. The molecule has 0 saturated carbocycles. The first-order valence-corrected chi connectivity index (χ1v) is 9.51. The van der Waals surface area contributed by atoms with E-state index in [1.54, 1.807) is 0 Å². The van der Waals surface area contributed by atoms with Crippen molar-refractivity contribution in [1.82, 2.24) is 4.98 Å². The fourth-order valence-corrected chi connectivity index (χ4v) is 4.69. The highest BCUT2D eigenvalue weighted by Gasteiger charge is 2.50. The predicted octanol–water partition coefficient (Wildman–Crippen LogP) is 5.76. The van der Waals surface area contributed by atoms with Gasteiger partial charge in [0, 0.05) is 23.0 Å². The first kappa shape index (κ1) is 17.5. The molecule has 2 nitrogen and oxygen atoms in total. The summed E-state index contributed by atoms with van der Waals surface area (Å²) in [6.45, 7) is 8.28. The van der Waals surface area contributed by atoms with Crippen molar-refractivity contribution in [3.8, 4) is 0 Å². The molecular formula is C25H25NO. The summed E-state index contributed by atoms with van der Waals surface area (Å²) in [6.07, 6.45) is 5.65. The fraction of sp³-hybridized carbons (Fsp3) is 0.240. The molecule has 136 valence electrons. The molecule has 27 heavy (non-hydrogen) atoms. The highest BCUT2D eigenvalue weighted by molar-refractivity contribution is 6.07. The van der Waals surface area contributed by atoms with Crippen molar-refractivity contribution in [2.45, 2.75) is 32.1 Å². The molecule has 0 radical (unpaired) electrons. The van der Waals surface area contributed by atoms with E-state index >= 15 is 0 Å². The SMILES string of the molecule is C=C(C)[C@H]1CC=C(C)C(=O)[C@@]1(Cc1ccccc1)c1c[nH]c2ccccc12. The number of carbonyl (C=O) groups excluding carboxylic acids is 1. The summed E-state index contributed by atoms with van der Waals surface area (Å²) in [5.74, 6) is 0.295. The monoisotopic (exact) mass is 355 g/mol. The van der Waals surface area contributed by atoms with Crippen molar-refractivity contribution in [2.75, 3.05) is 0 Å². The van der Waals surface area contributed by atoms with Crippen molar-refractivity contribution in [2.24, 2.45) is 5.92 Å². The van der Waals surface area contributed by atoms with E-state index in [9.17, 15) is 4.79 Å². The van der Waals surface area contributed by atoms with E-state index in [1.807, 2.05) is 43.5 Å². The third kappa shape index (κ3) is 2.76. The smallest absolute Gasteiger partial charge is 0.169 e. The molecular weight excluding hydrogens is 330 g/mol. The van der Waals surface area contributed by atoms with Crippen molar-refractivity contribution in [3.63, 3.8) is 0 Å². The van der Waals surface area contributed by atoms with Crippen molar-refractivity contribution >= 4 is 16.7 Å². The number of Topliss-reactive ketones (excluding diaryl/α,β-unsaturated/α-hetero) is 1. The molecule has 0 amide bonds. The van der Waals surface area contributed by atoms with Crippen LogP contribution in [0.5, 0.6) is 0 Å². The van der Waals surface area contributed by atoms with Crippen molar-refractivity contribution < 1.29 is 4.79 Å². The molecule has 1 aliphatic carbocycles. The Kier molecular flexibility index (Phi) is 4.35. The number of aromatic amines is 1. The minimum absolute atomic E-state index is 0.0770. The summed E-state index contributed by atoms with van der Waals surface area (Å²) >= 11 is 0. The number of benzene rings is 2. The van der Waals surface area contributed by atoms with E-state index in [2.05, 4.69) is 48.8 Å². The molecule has 2 aromatic carbocycles. The summed E-state index contributed by atoms with van der Waals surface area (Å²) in [5, 5.41) is 1.13. The lowest BCUT2D eigenvalue weighted by Gasteiger charge is -2.43. The van der Waals surface area contributed by atoms with E-state index in [1.165, 1.54) is 5.56 Å². The number of aromatic nitrogens is 1. The minimum Gasteiger partial charge on any atom is -0.361 e. The maximum Gasteiger partial charge on any atom is 0.169 e. The van der Waals surface area contributed by atoms with E-state index < -0.39 is 5.41 Å². The maximum absolute atomic E-state index is 13.8. The Morgan fingerprint density at radius 3 is 2.59 bits per heavy atom. The average molecular weight is 355 g/mol. The Labute approximate surface area is 160 Å². The molecule has 4 rings (SSSR count). The van der Waals surface area contributed by atoms with Gasteiger partial charge in [0.1, 0.15) is 0 Å². The number of allylic oxidation sites excluding steroid dienone is 3. The highest BCUT2D eigenvalue weighted by atomic mass is 16.1. The first-order valence-electron chi connectivity index (χ1n) is 9.51. The van der Waals surface area contributed by atoms with Crippen molar-refractivity contribution in [1.29, 1.82) is 0 Å². The number of nitrogens with one attached hydrogen (secondary N) is 1. The van der Waals surface area contributed by atoms with Crippen LogP contribution < -0.4 is 0 Å². The number of hydrogen-bond donors (Lipinski definition) is 1. The molecule has 0 saturated heterocycles. The number of hydrogen-bond acceptors (Lipinski definition) is 1. The molecule has 0 bridgehead atoms. The largest absolute Gasteiger partial charge is 0.361 e. The number of rotatable bonds is 4. The molecule has 1 heterocycles. The maximum atomic E-state index is 13.8. The Morgan fingerprint density at radius 1 is 1.15 bits per heavy atom. The Bertz CT molecular complexity index is 1040. The van der Waals surface area contributed by atoms with Crippen LogP contribution in [0.4, 0.5) is 0 Å². The van der Waals surface area contributed by atoms with Crippen LogP contribution in [-0.4, -0.2) is 10.8 Å². The molecule has 2 heteroatoms. The standard InChI is InChI=1S/C25H25NO/c1-17(2)21-14-13-18(3)24(27)25(21,15-19-9-5-4-6-10-19)22-16-26-23-12-8-7-11-20(22)23/h4-13,16,21,26H,1,14-15H2,2-3H3/t21-,25-/m1/s1. The molecule has 1 aromatic heterocycles. The normalized spacial score (nSPS) is 22.7. The Hall–Kier alpha value is -2.87. The summed E-state index contributed by atoms with van der Waals surface area (Å²) in [7, 11) is 0. The van der Waals surface area contributed by atoms with Crippen LogP contribution in [0.3, 0.4) is 0 Å². The van der Waals surface area contributed by atoms with Crippen LogP contribution in [0.1, 0.15) is 31.4 Å². The van der Waals surface area contributed by atoms with Gasteiger partial charge in [0.15, 0.2) is 5.78 Å². The van der Waals surface area contributed by atoms with Gasteiger partial charge in [0.2, 0.25) is 0 Å². The van der Waals surface area contributed by atoms with E-state index in [0.29, 0.717) is 6.42 Å². The molecule has 1 N–H and O–H groups in total. The lowest BCUT2D eigenvalue weighted by atomic mass is 9.58. The number of H-pyrrole nitrogens is 1. The first-order chi connectivity index (χ1) is 13.0. The third-order valence-electron chi connectivity index (χ3n) is 6.01. The van der Waals surface area contributed by atoms with Crippen molar-refractivity contribution in [3.05, 3.63) is 95.7 Å². The van der Waals surface area contributed by atoms with Crippen LogP contribution in [0.25, 0.3) is 10.9 Å². The highest BCUT2D eigenvalue weighted by Crippen LogP contribution is 2.48. The van der Waals surface area contributed by atoms with Crippen LogP contribution >= 0.6 is 0 Å². The van der Waals surface area contributed by atoms with Crippen LogP contribution in [0.2, 0.25) is 0 Å².